The molecule has 6 heteroatoms. The third-order valence-corrected chi connectivity index (χ3v) is 4.66. The number of rotatable bonds is 4. The zero-order valence-corrected chi connectivity index (χ0v) is 14.5. The Hall–Kier alpha value is -1.66. The van der Waals surface area contributed by atoms with E-state index in [4.69, 9.17) is 9.31 Å². The summed E-state index contributed by atoms with van der Waals surface area (Å²) in [5.41, 5.74) is 1.29. The van der Waals surface area contributed by atoms with Gasteiger partial charge in [-0.1, -0.05) is 31.2 Å². The Morgan fingerprint density at radius 3 is 2.48 bits per heavy atom. The number of hydrogen-bond donors (Lipinski definition) is 0. The zero-order chi connectivity index (χ0) is 16.7. The minimum Gasteiger partial charge on any atom is -0.399 e. The molecule has 0 N–H and O–H groups in total. The van der Waals surface area contributed by atoms with Gasteiger partial charge >= 0.3 is 7.12 Å². The third kappa shape index (κ3) is 3.05. The van der Waals surface area contributed by atoms with Crippen LogP contribution in [0.3, 0.4) is 0 Å². The van der Waals surface area contributed by atoms with Crippen LogP contribution in [0.2, 0.25) is 0 Å². The molecule has 0 radical (unpaired) electrons. The zero-order valence-electron chi connectivity index (χ0n) is 14.5. The van der Waals surface area contributed by atoms with Crippen molar-refractivity contribution in [1.82, 2.24) is 14.8 Å². The SMILES string of the molecule is CCCn1cnc(-c2cccc(B3OC(C)(C)C(C)(C)O3)c2)n1. The maximum atomic E-state index is 6.12. The van der Waals surface area contributed by atoms with Gasteiger partial charge in [-0.3, -0.25) is 4.68 Å². The fraction of sp³-hybridized carbons (Fsp3) is 0.529. The molecule has 1 aromatic heterocycles. The minimum absolute atomic E-state index is 0.339. The average Bonchev–Trinajstić information content (AvgIpc) is 3.03. The van der Waals surface area contributed by atoms with E-state index in [0.29, 0.717) is 0 Å². The van der Waals surface area contributed by atoms with E-state index in [9.17, 15) is 0 Å². The molecule has 2 aromatic rings. The molecular formula is C17H24BN3O2. The second-order valence-corrected chi connectivity index (χ2v) is 7.04. The number of aromatic nitrogens is 3. The summed E-state index contributed by atoms with van der Waals surface area (Å²) in [5.74, 6) is 0.733. The molecule has 0 amide bonds. The van der Waals surface area contributed by atoms with Gasteiger partial charge in [-0.2, -0.15) is 5.10 Å². The van der Waals surface area contributed by atoms with E-state index in [0.717, 1.165) is 29.8 Å². The third-order valence-electron chi connectivity index (χ3n) is 4.66. The van der Waals surface area contributed by atoms with Crippen molar-refractivity contribution in [2.45, 2.75) is 58.8 Å². The standard InChI is InChI=1S/C17H24BN3O2/c1-6-10-21-12-19-15(20-21)13-8-7-9-14(11-13)18-22-16(2,3)17(4,5)23-18/h7-9,11-12H,6,10H2,1-5H3. The van der Waals surface area contributed by atoms with Gasteiger partial charge in [-0.25, -0.2) is 4.98 Å². The normalized spacial score (nSPS) is 19.3. The van der Waals surface area contributed by atoms with Crippen LogP contribution in [0.15, 0.2) is 30.6 Å². The Labute approximate surface area is 138 Å². The summed E-state index contributed by atoms with van der Waals surface area (Å²) in [7, 11) is -0.363. The molecule has 1 aliphatic heterocycles. The number of benzene rings is 1. The largest absolute Gasteiger partial charge is 0.494 e. The molecule has 0 unspecified atom stereocenters. The van der Waals surface area contributed by atoms with E-state index < -0.39 is 0 Å². The first-order valence-corrected chi connectivity index (χ1v) is 8.18. The van der Waals surface area contributed by atoms with Crippen molar-refractivity contribution in [2.24, 2.45) is 0 Å². The Morgan fingerprint density at radius 1 is 1.13 bits per heavy atom. The van der Waals surface area contributed by atoms with Gasteiger partial charge in [0.1, 0.15) is 6.33 Å². The van der Waals surface area contributed by atoms with Crippen molar-refractivity contribution < 1.29 is 9.31 Å². The van der Waals surface area contributed by atoms with Crippen LogP contribution in [0.4, 0.5) is 0 Å². The minimum atomic E-state index is -0.363. The van der Waals surface area contributed by atoms with Crippen molar-refractivity contribution in [1.29, 1.82) is 0 Å². The Bertz CT molecular complexity index is 681. The van der Waals surface area contributed by atoms with Gasteiger partial charge in [0.05, 0.1) is 11.2 Å². The molecule has 0 saturated carbocycles. The number of hydrogen-bond acceptors (Lipinski definition) is 4. The van der Waals surface area contributed by atoms with Crippen molar-refractivity contribution in [2.75, 3.05) is 0 Å². The van der Waals surface area contributed by atoms with Crippen LogP contribution in [0.25, 0.3) is 11.4 Å². The van der Waals surface area contributed by atoms with Gasteiger partial charge in [0.25, 0.3) is 0 Å². The highest BCUT2D eigenvalue weighted by atomic mass is 16.7. The van der Waals surface area contributed by atoms with Gasteiger partial charge < -0.3 is 9.31 Å². The molecule has 3 rings (SSSR count). The Kier molecular flexibility index (Phi) is 4.06. The molecule has 0 bridgehead atoms. The van der Waals surface area contributed by atoms with Gasteiger partial charge in [0.2, 0.25) is 0 Å². The van der Waals surface area contributed by atoms with E-state index in [2.05, 4.69) is 44.7 Å². The van der Waals surface area contributed by atoms with Crippen LogP contribution in [-0.2, 0) is 15.9 Å². The van der Waals surface area contributed by atoms with Crippen LogP contribution in [0, 0.1) is 0 Å². The molecular weight excluding hydrogens is 289 g/mol. The molecule has 122 valence electrons. The highest BCUT2D eigenvalue weighted by Crippen LogP contribution is 2.36. The van der Waals surface area contributed by atoms with Crippen molar-refractivity contribution >= 4 is 12.6 Å². The Morgan fingerprint density at radius 2 is 1.83 bits per heavy atom. The lowest BCUT2D eigenvalue weighted by Crippen LogP contribution is -2.41. The highest BCUT2D eigenvalue weighted by molar-refractivity contribution is 6.62. The molecule has 0 atom stereocenters. The smallest absolute Gasteiger partial charge is 0.399 e. The van der Waals surface area contributed by atoms with Crippen LogP contribution < -0.4 is 5.46 Å². The summed E-state index contributed by atoms with van der Waals surface area (Å²) < 4.78 is 14.1. The van der Waals surface area contributed by atoms with Crippen LogP contribution >= 0.6 is 0 Å². The molecule has 0 aliphatic carbocycles. The van der Waals surface area contributed by atoms with Gasteiger partial charge in [-0.05, 0) is 39.6 Å². The highest BCUT2D eigenvalue weighted by Gasteiger charge is 2.51. The summed E-state index contributed by atoms with van der Waals surface area (Å²) in [5, 5.41) is 4.52. The van der Waals surface area contributed by atoms with E-state index in [-0.39, 0.29) is 18.3 Å². The van der Waals surface area contributed by atoms with Crippen molar-refractivity contribution in [3.8, 4) is 11.4 Å². The van der Waals surface area contributed by atoms with E-state index >= 15 is 0 Å². The van der Waals surface area contributed by atoms with Gasteiger partial charge in [-0.15, -0.1) is 0 Å². The summed E-state index contributed by atoms with van der Waals surface area (Å²) in [6, 6.07) is 8.08. The summed E-state index contributed by atoms with van der Waals surface area (Å²) >= 11 is 0. The van der Waals surface area contributed by atoms with Gasteiger partial charge in [0, 0.05) is 12.1 Å². The predicted molar refractivity (Wildman–Crippen MR) is 91.5 cm³/mol. The second kappa shape index (κ2) is 5.76. The van der Waals surface area contributed by atoms with Gasteiger partial charge in [0.15, 0.2) is 5.82 Å². The topological polar surface area (TPSA) is 49.2 Å². The second-order valence-electron chi connectivity index (χ2n) is 7.04. The number of nitrogens with zero attached hydrogens (tertiary/aromatic N) is 3. The average molecular weight is 313 g/mol. The monoisotopic (exact) mass is 313 g/mol. The summed E-state index contributed by atoms with van der Waals surface area (Å²) in [4.78, 5) is 4.40. The molecule has 1 fully saturated rings. The van der Waals surface area contributed by atoms with E-state index in [1.807, 2.05) is 28.9 Å². The lowest BCUT2D eigenvalue weighted by molar-refractivity contribution is 0.00578. The van der Waals surface area contributed by atoms with E-state index in [1.54, 1.807) is 6.33 Å². The molecule has 1 aliphatic rings. The Balaban J connectivity index is 1.86. The maximum absolute atomic E-state index is 6.12. The van der Waals surface area contributed by atoms with Crippen LogP contribution in [0.5, 0.6) is 0 Å². The summed E-state index contributed by atoms with van der Waals surface area (Å²) in [6.07, 6.45) is 2.82. The molecule has 1 aromatic carbocycles. The molecule has 1 saturated heterocycles. The van der Waals surface area contributed by atoms with Crippen LogP contribution in [-0.4, -0.2) is 33.1 Å². The first kappa shape index (κ1) is 16.2. The first-order chi connectivity index (χ1) is 10.8. The molecule has 5 nitrogen and oxygen atoms in total. The van der Waals surface area contributed by atoms with Crippen molar-refractivity contribution in [3.63, 3.8) is 0 Å². The fourth-order valence-electron chi connectivity index (χ4n) is 2.57. The van der Waals surface area contributed by atoms with E-state index in [1.165, 1.54) is 0 Å². The fourth-order valence-corrected chi connectivity index (χ4v) is 2.57. The molecule has 0 spiro atoms. The quantitative estimate of drug-likeness (QED) is 0.814. The molecule has 23 heavy (non-hydrogen) atoms. The summed E-state index contributed by atoms with van der Waals surface area (Å²) in [6.45, 7) is 11.2. The lowest BCUT2D eigenvalue weighted by atomic mass is 9.78. The van der Waals surface area contributed by atoms with Crippen molar-refractivity contribution in [3.05, 3.63) is 30.6 Å². The molecule has 2 heterocycles. The first-order valence-electron chi connectivity index (χ1n) is 8.18. The van der Waals surface area contributed by atoms with Crippen LogP contribution in [0.1, 0.15) is 41.0 Å². The number of aryl methyl sites for hydroxylation is 1. The lowest BCUT2D eigenvalue weighted by Gasteiger charge is -2.32. The maximum Gasteiger partial charge on any atom is 0.494 e. The predicted octanol–water partition coefficient (Wildman–Crippen LogP) is 2.65.